The van der Waals surface area contributed by atoms with E-state index in [-0.39, 0.29) is 34.0 Å². The molecule has 9 heteroatoms. The number of carbonyl (C=O) groups is 1. The van der Waals surface area contributed by atoms with Gasteiger partial charge < -0.3 is 15.8 Å². The Morgan fingerprint density at radius 3 is 2.52 bits per heavy atom. The van der Waals surface area contributed by atoms with Crippen molar-refractivity contribution in [2.45, 2.75) is 6.61 Å². The highest BCUT2D eigenvalue weighted by molar-refractivity contribution is 6.44. The maximum Gasteiger partial charge on any atom is 0.316 e. The molecule has 0 aliphatic heterocycles. The van der Waals surface area contributed by atoms with Gasteiger partial charge in [0.1, 0.15) is 18.1 Å². The molecule has 0 fully saturated rings. The minimum Gasteiger partial charge on any atom is -0.471 e. The Morgan fingerprint density at radius 1 is 1.11 bits per heavy atom. The van der Waals surface area contributed by atoms with Crippen molar-refractivity contribution in [1.82, 2.24) is 9.97 Å². The maximum atomic E-state index is 13.0. The van der Waals surface area contributed by atoms with Crippen molar-refractivity contribution in [3.8, 4) is 17.1 Å². The third-order valence-corrected chi connectivity index (χ3v) is 4.35. The average Bonchev–Trinajstić information content (AvgIpc) is 2.65. The van der Waals surface area contributed by atoms with Crippen LogP contribution in [-0.2, 0) is 6.61 Å². The fourth-order valence-electron chi connectivity index (χ4n) is 2.35. The number of nitrogens with zero attached hydrogens (tertiary/aromatic N) is 2. The van der Waals surface area contributed by atoms with Crippen LogP contribution in [0.2, 0.25) is 10.0 Å². The Balaban J connectivity index is 1.99. The predicted molar refractivity (Wildman–Crippen MR) is 101 cm³/mol. The van der Waals surface area contributed by atoms with Crippen LogP contribution in [0.4, 0.5) is 14.9 Å². The number of primary amides is 1. The van der Waals surface area contributed by atoms with Gasteiger partial charge in [-0.2, -0.15) is 0 Å². The van der Waals surface area contributed by atoms with Crippen LogP contribution in [0.15, 0.2) is 48.8 Å². The van der Waals surface area contributed by atoms with Gasteiger partial charge in [-0.05, 0) is 29.8 Å². The molecule has 0 atom stereocenters. The van der Waals surface area contributed by atoms with E-state index in [1.54, 1.807) is 18.2 Å². The molecule has 0 aliphatic carbocycles. The molecular weight excluding hydrogens is 394 g/mol. The molecule has 6 nitrogen and oxygen atoms in total. The monoisotopic (exact) mass is 406 g/mol. The second-order valence-corrected chi connectivity index (χ2v) is 6.18. The summed E-state index contributed by atoms with van der Waals surface area (Å²) in [5, 5.41) is 2.90. The highest BCUT2D eigenvalue weighted by Crippen LogP contribution is 2.41. The highest BCUT2D eigenvalue weighted by Gasteiger charge is 2.20. The Labute approximate surface area is 164 Å². The number of urea groups is 1. The molecule has 0 spiro atoms. The van der Waals surface area contributed by atoms with Gasteiger partial charge in [0, 0.05) is 18.0 Å². The zero-order valence-corrected chi connectivity index (χ0v) is 15.3. The summed E-state index contributed by atoms with van der Waals surface area (Å²) < 4.78 is 18.8. The number of halogens is 3. The summed E-state index contributed by atoms with van der Waals surface area (Å²) in [5.41, 5.74) is 6.86. The van der Waals surface area contributed by atoms with Gasteiger partial charge in [0.25, 0.3) is 0 Å². The maximum absolute atomic E-state index is 13.0. The van der Waals surface area contributed by atoms with E-state index < -0.39 is 6.03 Å². The first-order chi connectivity index (χ1) is 13.0. The van der Waals surface area contributed by atoms with E-state index in [4.69, 9.17) is 33.7 Å². The summed E-state index contributed by atoms with van der Waals surface area (Å²) in [6.07, 6.45) is 2.90. The number of hydrogen-bond donors (Lipinski definition) is 2. The van der Waals surface area contributed by atoms with Gasteiger partial charge in [-0.1, -0.05) is 35.3 Å². The molecule has 0 aliphatic rings. The van der Waals surface area contributed by atoms with Gasteiger partial charge in [0.05, 0.1) is 15.7 Å². The van der Waals surface area contributed by atoms with Gasteiger partial charge in [-0.15, -0.1) is 0 Å². The molecule has 0 unspecified atom stereocenters. The SMILES string of the molecule is NC(=O)Nc1ccc(Cl)c(Cl)c1-c1nccnc1OCc1ccc(F)cc1. The molecule has 1 aromatic heterocycles. The summed E-state index contributed by atoms with van der Waals surface area (Å²) in [7, 11) is 0. The number of amides is 2. The zero-order valence-electron chi connectivity index (χ0n) is 13.7. The lowest BCUT2D eigenvalue weighted by atomic mass is 10.1. The molecule has 2 amide bonds. The Morgan fingerprint density at radius 2 is 1.81 bits per heavy atom. The molecule has 27 heavy (non-hydrogen) atoms. The standard InChI is InChI=1S/C18H13Cl2FN4O2/c19-12-5-6-13(25-18(22)26)14(15(12)20)16-17(24-8-7-23-16)27-9-10-1-3-11(21)4-2-10/h1-8H,9H2,(H3,22,25,26). The van der Waals surface area contributed by atoms with Gasteiger partial charge in [0.2, 0.25) is 5.88 Å². The summed E-state index contributed by atoms with van der Waals surface area (Å²) >= 11 is 12.4. The summed E-state index contributed by atoms with van der Waals surface area (Å²) in [6.45, 7) is 0.128. The van der Waals surface area contributed by atoms with E-state index in [9.17, 15) is 9.18 Å². The van der Waals surface area contributed by atoms with Crippen LogP contribution in [0, 0.1) is 5.82 Å². The number of benzene rings is 2. The molecule has 1 heterocycles. The van der Waals surface area contributed by atoms with Crippen molar-refractivity contribution >= 4 is 34.9 Å². The van der Waals surface area contributed by atoms with Crippen LogP contribution in [0.3, 0.4) is 0 Å². The van der Waals surface area contributed by atoms with Crippen molar-refractivity contribution < 1.29 is 13.9 Å². The van der Waals surface area contributed by atoms with Crippen molar-refractivity contribution in [2.75, 3.05) is 5.32 Å². The number of nitrogens with one attached hydrogen (secondary N) is 1. The minimum absolute atomic E-state index is 0.128. The number of carbonyl (C=O) groups excluding carboxylic acids is 1. The topological polar surface area (TPSA) is 90.1 Å². The largest absolute Gasteiger partial charge is 0.471 e. The average molecular weight is 407 g/mol. The Hall–Kier alpha value is -2.90. The van der Waals surface area contributed by atoms with E-state index in [0.717, 1.165) is 5.56 Å². The molecule has 138 valence electrons. The van der Waals surface area contributed by atoms with Crippen LogP contribution in [-0.4, -0.2) is 16.0 Å². The molecule has 2 aromatic carbocycles. The smallest absolute Gasteiger partial charge is 0.316 e. The summed E-state index contributed by atoms with van der Waals surface area (Å²) in [6, 6.07) is 8.15. The fourth-order valence-corrected chi connectivity index (χ4v) is 2.77. The van der Waals surface area contributed by atoms with Crippen molar-refractivity contribution in [2.24, 2.45) is 5.73 Å². The lowest BCUT2D eigenvalue weighted by Gasteiger charge is -2.15. The number of anilines is 1. The third kappa shape index (κ3) is 4.45. The number of rotatable bonds is 5. The minimum atomic E-state index is -0.771. The predicted octanol–water partition coefficient (Wildman–Crippen LogP) is 4.66. The highest BCUT2D eigenvalue weighted by atomic mass is 35.5. The molecule has 0 saturated heterocycles. The lowest BCUT2D eigenvalue weighted by molar-refractivity contribution is 0.259. The van der Waals surface area contributed by atoms with Gasteiger partial charge >= 0.3 is 6.03 Å². The van der Waals surface area contributed by atoms with E-state index >= 15 is 0 Å². The van der Waals surface area contributed by atoms with E-state index in [1.165, 1.54) is 30.6 Å². The number of nitrogens with two attached hydrogens (primary N) is 1. The molecular formula is C18H13Cl2FN4O2. The van der Waals surface area contributed by atoms with Gasteiger partial charge in [-0.3, -0.25) is 0 Å². The molecule has 3 N–H and O–H groups in total. The number of hydrogen-bond acceptors (Lipinski definition) is 4. The molecule has 0 saturated carbocycles. The van der Waals surface area contributed by atoms with Crippen LogP contribution in [0.1, 0.15) is 5.56 Å². The van der Waals surface area contributed by atoms with Crippen LogP contribution >= 0.6 is 23.2 Å². The normalized spacial score (nSPS) is 10.5. The van der Waals surface area contributed by atoms with Crippen LogP contribution in [0.25, 0.3) is 11.3 Å². The second-order valence-electron chi connectivity index (χ2n) is 5.40. The van der Waals surface area contributed by atoms with E-state index in [1.807, 2.05) is 0 Å². The van der Waals surface area contributed by atoms with Crippen molar-refractivity contribution in [3.63, 3.8) is 0 Å². The first-order valence-electron chi connectivity index (χ1n) is 7.69. The first kappa shape index (κ1) is 18.9. The number of ether oxygens (including phenoxy) is 1. The van der Waals surface area contributed by atoms with Crippen LogP contribution in [0.5, 0.6) is 5.88 Å². The quantitative estimate of drug-likeness (QED) is 0.644. The lowest BCUT2D eigenvalue weighted by Crippen LogP contribution is -2.20. The second kappa shape index (κ2) is 8.20. The zero-order chi connectivity index (χ0) is 19.4. The van der Waals surface area contributed by atoms with Gasteiger partial charge in [-0.25, -0.2) is 19.2 Å². The van der Waals surface area contributed by atoms with E-state index in [2.05, 4.69) is 15.3 Å². The summed E-state index contributed by atoms with van der Waals surface area (Å²) in [4.78, 5) is 19.7. The summed E-state index contributed by atoms with van der Waals surface area (Å²) in [5.74, 6) is -0.176. The van der Waals surface area contributed by atoms with Crippen molar-refractivity contribution in [3.05, 3.63) is 70.2 Å². The Kier molecular flexibility index (Phi) is 5.73. The Bertz CT molecular complexity index is 984. The van der Waals surface area contributed by atoms with E-state index in [0.29, 0.717) is 11.3 Å². The first-order valence-corrected chi connectivity index (χ1v) is 8.44. The van der Waals surface area contributed by atoms with Crippen LogP contribution < -0.4 is 15.8 Å². The molecule has 0 bridgehead atoms. The molecule has 3 rings (SSSR count). The van der Waals surface area contributed by atoms with Gasteiger partial charge in [0.15, 0.2) is 0 Å². The third-order valence-electron chi connectivity index (χ3n) is 3.54. The molecule has 0 radical (unpaired) electrons. The number of aromatic nitrogens is 2. The fraction of sp³-hybridized carbons (Fsp3) is 0.0556. The molecule has 3 aromatic rings. The van der Waals surface area contributed by atoms with Crippen molar-refractivity contribution in [1.29, 1.82) is 0 Å².